The van der Waals surface area contributed by atoms with Crippen LogP contribution in [-0.4, -0.2) is 36.3 Å². The molecule has 0 atom stereocenters. The molecule has 0 bridgehead atoms. The molecule has 2 aromatic heterocycles. The molecule has 0 saturated carbocycles. The summed E-state index contributed by atoms with van der Waals surface area (Å²) in [6, 6.07) is 0. The van der Waals surface area contributed by atoms with E-state index in [1.807, 2.05) is 6.92 Å². The molecule has 0 saturated heterocycles. The summed E-state index contributed by atoms with van der Waals surface area (Å²) in [6.07, 6.45) is 0.676. The minimum absolute atomic E-state index is 0.109. The summed E-state index contributed by atoms with van der Waals surface area (Å²) >= 11 is 0. The van der Waals surface area contributed by atoms with Crippen LogP contribution in [0.15, 0.2) is 0 Å². The number of amides is 1. The van der Waals surface area contributed by atoms with Gasteiger partial charge in [0.05, 0.1) is 18.4 Å². The highest BCUT2D eigenvalue weighted by molar-refractivity contribution is 6.05. The summed E-state index contributed by atoms with van der Waals surface area (Å²) in [4.78, 5) is 13.0. The normalized spacial score (nSPS) is 10.5. The molecule has 0 fully saturated rings. The Kier molecular flexibility index (Phi) is 2.73. The van der Waals surface area contributed by atoms with Gasteiger partial charge in [-0.25, -0.2) is 0 Å². The predicted molar refractivity (Wildman–Crippen MR) is 59.1 cm³/mol. The Morgan fingerprint density at radius 1 is 1.59 bits per heavy atom. The number of carbonyl (C=O) groups is 1. The van der Waals surface area contributed by atoms with Gasteiger partial charge in [-0.2, -0.15) is 9.90 Å². The molecule has 0 spiro atoms. The van der Waals surface area contributed by atoms with Crippen LogP contribution in [0.1, 0.15) is 23.1 Å². The van der Waals surface area contributed by atoms with E-state index in [-0.39, 0.29) is 11.6 Å². The van der Waals surface area contributed by atoms with Crippen molar-refractivity contribution in [3.8, 4) is 0 Å². The molecule has 0 aliphatic heterocycles. The first-order valence-corrected chi connectivity index (χ1v) is 5.00. The number of hydrogen-bond donors (Lipinski definition) is 3. The summed E-state index contributed by atoms with van der Waals surface area (Å²) in [5, 5.41) is 20.0. The third kappa shape index (κ3) is 2.07. The fraction of sp³-hybridized carbons (Fsp3) is 0.375. The zero-order chi connectivity index (χ0) is 12.4. The van der Waals surface area contributed by atoms with Crippen LogP contribution in [-0.2, 0) is 13.5 Å². The number of hydrogen-bond acceptors (Lipinski definition) is 6. The molecule has 4 N–H and O–H groups in total. The Morgan fingerprint density at radius 3 is 2.88 bits per heavy atom. The molecule has 9 heteroatoms. The molecular formula is C8H12N8O. The molecule has 0 aliphatic carbocycles. The lowest BCUT2D eigenvalue weighted by Crippen LogP contribution is -2.15. The van der Waals surface area contributed by atoms with Gasteiger partial charge in [-0.05, 0) is 11.6 Å². The van der Waals surface area contributed by atoms with Gasteiger partial charge >= 0.3 is 0 Å². The van der Waals surface area contributed by atoms with Gasteiger partial charge in [0.2, 0.25) is 0 Å². The molecule has 2 aromatic rings. The molecule has 17 heavy (non-hydrogen) atoms. The lowest BCUT2D eigenvalue weighted by atomic mass is 10.2. The molecule has 2 heterocycles. The van der Waals surface area contributed by atoms with E-state index in [9.17, 15) is 4.79 Å². The molecule has 90 valence electrons. The highest BCUT2D eigenvalue weighted by atomic mass is 16.2. The highest BCUT2D eigenvalue weighted by Crippen LogP contribution is 2.15. The van der Waals surface area contributed by atoms with E-state index in [0.29, 0.717) is 12.1 Å². The van der Waals surface area contributed by atoms with Gasteiger partial charge < -0.3 is 5.73 Å². The summed E-state index contributed by atoms with van der Waals surface area (Å²) in [5.41, 5.74) is 6.96. The van der Waals surface area contributed by atoms with Crippen molar-refractivity contribution in [2.45, 2.75) is 13.3 Å². The van der Waals surface area contributed by atoms with Crippen LogP contribution in [0.3, 0.4) is 0 Å². The van der Waals surface area contributed by atoms with E-state index in [4.69, 9.17) is 5.73 Å². The molecular weight excluding hydrogens is 224 g/mol. The molecule has 0 unspecified atom stereocenters. The van der Waals surface area contributed by atoms with E-state index >= 15 is 0 Å². The standard InChI is InChI=1S/C8H12N8O/c1-3-4-5(9)6(12-11-4)7(17)10-8-13-15-16(2)14-8/h3,9H2,1-2H3,(H,11,12)(H,10,14,17). The monoisotopic (exact) mass is 236 g/mol. The van der Waals surface area contributed by atoms with Crippen molar-refractivity contribution in [2.75, 3.05) is 11.1 Å². The predicted octanol–water partition coefficient (Wildman–Crippen LogP) is -0.670. The number of aromatic amines is 1. The van der Waals surface area contributed by atoms with Crippen molar-refractivity contribution < 1.29 is 4.79 Å². The fourth-order valence-corrected chi connectivity index (χ4v) is 1.32. The molecule has 0 radical (unpaired) electrons. The summed E-state index contributed by atoms with van der Waals surface area (Å²) in [5.74, 6) is -0.357. The summed E-state index contributed by atoms with van der Waals surface area (Å²) in [7, 11) is 1.60. The number of tetrazole rings is 1. The van der Waals surface area contributed by atoms with Gasteiger partial charge in [-0.3, -0.25) is 15.2 Å². The van der Waals surface area contributed by atoms with Crippen molar-refractivity contribution in [2.24, 2.45) is 7.05 Å². The number of H-pyrrole nitrogens is 1. The number of nitrogens with two attached hydrogens (primary N) is 1. The highest BCUT2D eigenvalue weighted by Gasteiger charge is 2.17. The molecule has 9 nitrogen and oxygen atoms in total. The largest absolute Gasteiger partial charge is 0.395 e. The van der Waals surface area contributed by atoms with Crippen molar-refractivity contribution in [3.05, 3.63) is 11.4 Å². The van der Waals surface area contributed by atoms with Crippen LogP contribution < -0.4 is 11.1 Å². The zero-order valence-electron chi connectivity index (χ0n) is 9.43. The number of nitrogen functional groups attached to an aromatic ring is 1. The number of nitrogens with one attached hydrogen (secondary N) is 2. The van der Waals surface area contributed by atoms with Crippen LogP contribution in [0, 0.1) is 0 Å². The molecule has 0 aromatic carbocycles. The van der Waals surface area contributed by atoms with Crippen molar-refractivity contribution in [1.82, 2.24) is 30.4 Å². The maximum Gasteiger partial charge on any atom is 0.280 e. The van der Waals surface area contributed by atoms with E-state index in [0.717, 1.165) is 5.69 Å². The van der Waals surface area contributed by atoms with Gasteiger partial charge in [0.15, 0.2) is 5.69 Å². The third-order valence-corrected chi connectivity index (χ3v) is 2.19. The Hall–Kier alpha value is -2.45. The summed E-state index contributed by atoms with van der Waals surface area (Å²) in [6.45, 7) is 1.91. The first kappa shape index (κ1) is 11.0. The number of anilines is 2. The topological polar surface area (TPSA) is 127 Å². The van der Waals surface area contributed by atoms with E-state index in [1.54, 1.807) is 7.05 Å². The minimum atomic E-state index is -0.466. The average molecular weight is 236 g/mol. The lowest BCUT2D eigenvalue weighted by molar-refractivity contribution is 0.102. The number of nitrogens with zero attached hydrogens (tertiary/aromatic N) is 5. The number of aromatic nitrogens is 6. The van der Waals surface area contributed by atoms with Crippen molar-refractivity contribution in [3.63, 3.8) is 0 Å². The quantitative estimate of drug-likeness (QED) is 0.648. The van der Waals surface area contributed by atoms with Crippen LogP contribution >= 0.6 is 0 Å². The average Bonchev–Trinajstić information content (AvgIpc) is 2.85. The smallest absolute Gasteiger partial charge is 0.280 e. The lowest BCUT2D eigenvalue weighted by Gasteiger charge is -1.98. The Labute approximate surface area is 96.4 Å². The Balaban J connectivity index is 2.17. The summed E-state index contributed by atoms with van der Waals surface area (Å²) < 4.78 is 0. The van der Waals surface area contributed by atoms with E-state index in [1.165, 1.54) is 4.80 Å². The van der Waals surface area contributed by atoms with Gasteiger partial charge in [0.1, 0.15) is 0 Å². The number of carbonyl (C=O) groups excluding carboxylic acids is 1. The number of aryl methyl sites for hydroxylation is 2. The van der Waals surface area contributed by atoms with Crippen LogP contribution in [0.2, 0.25) is 0 Å². The molecule has 2 rings (SSSR count). The second-order valence-electron chi connectivity index (χ2n) is 3.37. The molecule has 1 amide bonds. The van der Waals surface area contributed by atoms with Gasteiger partial charge in [-0.15, -0.1) is 5.10 Å². The fourth-order valence-electron chi connectivity index (χ4n) is 1.32. The maximum atomic E-state index is 11.8. The van der Waals surface area contributed by atoms with Crippen LogP contribution in [0.4, 0.5) is 11.6 Å². The number of rotatable bonds is 3. The first-order chi connectivity index (χ1) is 8.11. The maximum absolute atomic E-state index is 11.8. The van der Waals surface area contributed by atoms with Crippen molar-refractivity contribution in [1.29, 1.82) is 0 Å². The van der Waals surface area contributed by atoms with Crippen molar-refractivity contribution >= 4 is 17.5 Å². The first-order valence-electron chi connectivity index (χ1n) is 5.00. The SMILES string of the molecule is CCc1[nH]nc(C(=O)Nc2nnn(C)n2)c1N. The van der Waals surface area contributed by atoms with Gasteiger partial charge in [-0.1, -0.05) is 12.0 Å². The zero-order valence-corrected chi connectivity index (χ0v) is 9.43. The van der Waals surface area contributed by atoms with E-state index in [2.05, 4.69) is 30.9 Å². The van der Waals surface area contributed by atoms with Crippen LogP contribution in [0.5, 0.6) is 0 Å². The Bertz CT molecular complexity index is 541. The molecule has 0 aliphatic rings. The minimum Gasteiger partial charge on any atom is -0.395 e. The van der Waals surface area contributed by atoms with E-state index < -0.39 is 5.91 Å². The second-order valence-corrected chi connectivity index (χ2v) is 3.37. The van der Waals surface area contributed by atoms with Crippen LogP contribution in [0.25, 0.3) is 0 Å². The third-order valence-electron chi connectivity index (χ3n) is 2.19. The second kappa shape index (κ2) is 4.20. The Morgan fingerprint density at radius 2 is 2.35 bits per heavy atom. The van der Waals surface area contributed by atoms with Gasteiger partial charge in [0.25, 0.3) is 11.9 Å². The van der Waals surface area contributed by atoms with Gasteiger partial charge in [0, 0.05) is 0 Å².